The summed E-state index contributed by atoms with van der Waals surface area (Å²) in [6, 6.07) is 3.65. The molecule has 94 valence electrons. The van der Waals surface area contributed by atoms with Gasteiger partial charge in [-0.1, -0.05) is 0 Å². The van der Waals surface area contributed by atoms with Crippen LogP contribution in [-0.2, 0) is 0 Å². The van der Waals surface area contributed by atoms with Gasteiger partial charge in [0.2, 0.25) is 0 Å². The molecule has 0 N–H and O–H groups in total. The van der Waals surface area contributed by atoms with Crippen LogP contribution in [0.1, 0.15) is 37.3 Å². The van der Waals surface area contributed by atoms with Crippen LogP contribution in [0, 0.1) is 0 Å². The summed E-state index contributed by atoms with van der Waals surface area (Å²) >= 11 is 0. The van der Waals surface area contributed by atoms with Crippen LogP contribution in [0.15, 0.2) is 30.7 Å². The molecule has 0 spiro atoms. The summed E-state index contributed by atoms with van der Waals surface area (Å²) in [6.45, 7) is 5.56. The zero-order valence-electron chi connectivity index (χ0n) is 10.6. The first kappa shape index (κ1) is 12.3. The Labute approximate surface area is 105 Å². The van der Waals surface area contributed by atoms with Crippen molar-refractivity contribution in [1.82, 2.24) is 14.8 Å². The largest absolute Gasteiger partial charge is 0.452 e. The molecule has 2 aromatic heterocycles. The number of Topliss-reactive ketones (excluding diaryl/α,β-unsaturated/α-hetero) is 1. The van der Waals surface area contributed by atoms with Gasteiger partial charge in [0.25, 0.3) is 0 Å². The summed E-state index contributed by atoms with van der Waals surface area (Å²) in [4.78, 5) is 15.1. The Kier molecular flexibility index (Phi) is 3.41. The Bertz CT molecular complexity index is 544. The van der Waals surface area contributed by atoms with Gasteiger partial charge in [0.05, 0.1) is 18.6 Å². The van der Waals surface area contributed by atoms with Crippen molar-refractivity contribution in [3.8, 4) is 11.5 Å². The van der Waals surface area contributed by atoms with Gasteiger partial charge in [0.1, 0.15) is 11.4 Å². The Morgan fingerprint density at radius 3 is 2.56 bits per heavy atom. The highest BCUT2D eigenvalue weighted by Gasteiger charge is 2.05. The van der Waals surface area contributed by atoms with E-state index in [1.54, 1.807) is 18.3 Å². The lowest BCUT2D eigenvalue weighted by molar-refractivity contribution is 0.101. The lowest BCUT2D eigenvalue weighted by Gasteiger charge is -2.04. The monoisotopic (exact) mass is 245 g/mol. The summed E-state index contributed by atoms with van der Waals surface area (Å²) in [6.07, 6.45) is 5.01. The molecule has 0 amide bonds. The topological polar surface area (TPSA) is 57.0 Å². The van der Waals surface area contributed by atoms with E-state index in [2.05, 4.69) is 10.1 Å². The summed E-state index contributed by atoms with van der Waals surface area (Å²) in [5, 5.41) is 4.17. The number of rotatable bonds is 4. The fourth-order valence-electron chi connectivity index (χ4n) is 1.44. The van der Waals surface area contributed by atoms with Gasteiger partial charge in [-0.25, -0.2) is 4.98 Å². The summed E-state index contributed by atoms with van der Waals surface area (Å²) < 4.78 is 7.40. The van der Waals surface area contributed by atoms with Gasteiger partial charge in [-0.2, -0.15) is 5.10 Å². The molecule has 2 rings (SSSR count). The van der Waals surface area contributed by atoms with Crippen LogP contribution in [0.3, 0.4) is 0 Å². The van der Waals surface area contributed by atoms with Crippen LogP contribution in [0.4, 0.5) is 0 Å². The molecule has 0 aliphatic rings. The number of ether oxygens (including phenoxy) is 1. The van der Waals surface area contributed by atoms with E-state index in [1.165, 1.54) is 13.1 Å². The average Bonchev–Trinajstić information content (AvgIpc) is 2.78. The van der Waals surface area contributed by atoms with Gasteiger partial charge >= 0.3 is 0 Å². The number of hydrogen-bond donors (Lipinski definition) is 0. The van der Waals surface area contributed by atoms with Crippen LogP contribution in [0.25, 0.3) is 0 Å². The van der Waals surface area contributed by atoms with E-state index < -0.39 is 0 Å². The third-order valence-corrected chi connectivity index (χ3v) is 2.44. The lowest BCUT2D eigenvalue weighted by atomic mass is 10.3. The number of ketones is 1. The molecule has 0 bridgehead atoms. The fraction of sp³-hybridized carbons (Fsp3) is 0.308. The molecule has 0 aliphatic carbocycles. The van der Waals surface area contributed by atoms with Crippen molar-refractivity contribution < 1.29 is 9.53 Å². The highest BCUT2D eigenvalue weighted by Crippen LogP contribution is 2.21. The molecule has 0 fully saturated rings. The first-order chi connectivity index (χ1) is 8.56. The molecule has 0 radical (unpaired) electrons. The van der Waals surface area contributed by atoms with Crippen molar-refractivity contribution >= 4 is 5.78 Å². The molecular formula is C13H15N3O2. The van der Waals surface area contributed by atoms with Crippen molar-refractivity contribution in [1.29, 1.82) is 0 Å². The minimum atomic E-state index is -0.0609. The minimum absolute atomic E-state index is 0.0609. The molecule has 0 atom stereocenters. The Morgan fingerprint density at radius 1 is 1.28 bits per heavy atom. The van der Waals surface area contributed by atoms with Crippen molar-refractivity contribution in [2.75, 3.05) is 0 Å². The van der Waals surface area contributed by atoms with Crippen LogP contribution >= 0.6 is 0 Å². The summed E-state index contributed by atoms with van der Waals surface area (Å²) in [5.41, 5.74) is 0.431. The van der Waals surface area contributed by atoms with Gasteiger partial charge < -0.3 is 4.74 Å². The Hall–Kier alpha value is -2.17. The molecule has 5 nitrogen and oxygen atoms in total. The van der Waals surface area contributed by atoms with E-state index >= 15 is 0 Å². The van der Waals surface area contributed by atoms with E-state index in [0.29, 0.717) is 23.2 Å². The second-order valence-corrected chi connectivity index (χ2v) is 4.29. The van der Waals surface area contributed by atoms with Crippen LogP contribution in [0.2, 0.25) is 0 Å². The highest BCUT2D eigenvalue weighted by molar-refractivity contribution is 5.92. The summed E-state index contributed by atoms with van der Waals surface area (Å²) in [5.74, 6) is 1.18. The number of hydrogen-bond acceptors (Lipinski definition) is 4. The second-order valence-electron chi connectivity index (χ2n) is 4.29. The molecule has 5 heteroatoms. The molecule has 0 saturated carbocycles. The number of aromatic nitrogens is 3. The maximum absolute atomic E-state index is 11.1. The Morgan fingerprint density at radius 2 is 2.06 bits per heavy atom. The smallest absolute Gasteiger partial charge is 0.178 e. The van der Waals surface area contributed by atoms with Crippen LogP contribution in [0.5, 0.6) is 11.5 Å². The molecule has 2 aromatic rings. The van der Waals surface area contributed by atoms with Crippen molar-refractivity contribution in [2.45, 2.75) is 26.8 Å². The van der Waals surface area contributed by atoms with Gasteiger partial charge in [0.15, 0.2) is 11.5 Å². The maximum atomic E-state index is 11.1. The summed E-state index contributed by atoms with van der Waals surface area (Å²) in [7, 11) is 0. The van der Waals surface area contributed by atoms with Gasteiger partial charge in [0, 0.05) is 13.0 Å². The van der Waals surface area contributed by atoms with Gasteiger partial charge in [-0.3, -0.25) is 9.48 Å². The third-order valence-electron chi connectivity index (χ3n) is 2.44. The van der Waals surface area contributed by atoms with Gasteiger partial charge in [-0.05, 0) is 26.0 Å². The SMILES string of the molecule is CC(=O)c1ccc(Oc2cnn(C(C)C)c2)cn1. The molecule has 0 unspecified atom stereocenters. The first-order valence-corrected chi connectivity index (χ1v) is 5.75. The minimum Gasteiger partial charge on any atom is -0.452 e. The highest BCUT2D eigenvalue weighted by atomic mass is 16.5. The molecule has 2 heterocycles. The first-order valence-electron chi connectivity index (χ1n) is 5.75. The number of pyridine rings is 1. The van der Waals surface area contributed by atoms with Crippen molar-refractivity contribution in [2.24, 2.45) is 0 Å². The molecule has 0 saturated heterocycles. The number of nitrogens with zero attached hydrogens (tertiary/aromatic N) is 3. The zero-order chi connectivity index (χ0) is 13.1. The normalized spacial score (nSPS) is 10.7. The van der Waals surface area contributed by atoms with Crippen LogP contribution < -0.4 is 4.74 Å². The second kappa shape index (κ2) is 5.00. The predicted molar refractivity (Wildman–Crippen MR) is 66.9 cm³/mol. The van der Waals surface area contributed by atoms with Crippen LogP contribution in [-0.4, -0.2) is 20.5 Å². The molecule has 18 heavy (non-hydrogen) atoms. The van der Waals surface area contributed by atoms with Crippen molar-refractivity contribution in [3.63, 3.8) is 0 Å². The molecule has 0 aliphatic heterocycles. The standard InChI is InChI=1S/C13H15N3O2/c1-9(2)16-8-12(7-15-16)18-11-4-5-13(10(3)17)14-6-11/h4-9H,1-3H3. The van der Waals surface area contributed by atoms with E-state index in [4.69, 9.17) is 4.74 Å². The number of carbonyl (C=O) groups is 1. The lowest BCUT2D eigenvalue weighted by Crippen LogP contribution is -1.99. The Balaban J connectivity index is 2.10. The van der Waals surface area contributed by atoms with E-state index in [-0.39, 0.29) is 5.78 Å². The molecular weight excluding hydrogens is 230 g/mol. The third kappa shape index (κ3) is 2.74. The van der Waals surface area contributed by atoms with E-state index in [1.807, 2.05) is 24.7 Å². The average molecular weight is 245 g/mol. The fourth-order valence-corrected chi connectivity index (χ4v) is 1.44. The quantitative estimate of drug-likeness (QED) is 0.777. The zero-order valence-corrected chi connectivity index (χ0v) is 10.6. The van der Waals surface area contributed by atoms with E-state index in [0.717, 1.165) is 0 Å². The van der Waals surface area contributed by atoms with Crippen molar-refractivity contribution in [3.05, 3.63) is 36.4 Å². The number of carbonyl (C=O) groups excluding carboxylic acids is 1. The van der Waals surface area contributed by atoms with Gasteiger partial charge in [-0.15, -0.1) is 0 Å². The predicted octanol–water partition coefficient (Wildman–Crippen LogP) is 2.85. The maximum Gasteiger partial charge on any atom is 0.178 e. The molecule has 0 aromatic carbocycles. The van der Waals surface area contributed by atoms with E-state index in [9.17, 15) is 4.79 Å².